The van der Waals surface area contributed by atoms with Gasteiger partial charge in [0.25, 0.3) is 0 Å². The lowest BCUT2D eigenvalue weighted by molar-refractivity contribution is -0.118. The average Bonchev–Trinajstić information content (AvgIpc) is 3.10. The first kappa shape index (κ1) is 12.8. The van der Waals surface area contributed by atoms with E-state index in [0.717, 1.165) is 29.8 Å². The highest BCUT2D eigenvalue weighted by Crippen LogP contribution is 2.38. The first-order chi connectivity index (χ1) is 10.2. The number of nitrogens with zero attached hydrogens (tertiary/aromatic N) is 1. The Bertz CT molecular complexity index is 694. The quantitative estimate of drug-likeness (QED) is 0.889. The number of hydrogen-bond acceptors (Lipinski definition) is 4. The van der Waals surface area contributed by atoms with Crippen LogP contribution in [0.4, 0.5) is 5.69 Å². The Labute approximate surface area is 123 Å². The maximum Gasteiger partial charge on any atom is 0.241 e. The zero-order chi connectivity index (χ0) is 14.4. The number of carbonyl (C=O) groups is 1. The average molecular weight is 285 g/mol. The number of aromatic nitrogens is 1. The summed E-state index contributed by atoms with van der Waals surface area (Å²) in [5.41, 5.74) is 2.31. The Morgan fingerprint density at radius 3 is 3.24 bits per heavy atom. The molecule has 1 aromatic carbocycles. The number of nitrogens with one attached hydrogen (secondary N) is 2. The minimum atomic E-state index is -0.0489. The zero-order valence-corrected chi connectivity index (χ0v) is 12.1. The summed E-state index contributed by atoms with van der Waals surface area (Å²) in [5, 5.41) is 6.39. The second kappa shape index (κ2) is 4.84. The molecule has 2 N–H and O–H groups in total. The molecule has 3 unspecified atom stereocenters. The van der Waals surface area contributed by atoms with Crippen LogP contribution in [0.15, 0.2) is 22.6 Å². The van der Waals surface area contributed by atoms with Crippen molar-refractivity contribution in [3.8, 4) is 0 Å². The molecule has 2 heterocycles. The molecule has 4 rings (SSSR count). The van der Waals surface area contributed by atoms with E-state index in [4.69, 9.17) is 4.42 Å². The van der Waals surface area contributed by atoms with Crippen LogP contribution in [0.2, 0.25) is 0 Å². The predicted octanol–water partition coefficient (Wildman–Crippen LogP) is 2.46. The van der Waals surface area contributed by atoms with Crippen molar-refractivity contribution in [3.63, 3.8) is 0 Å². The Kier molecular flexibility index (Phi) is 2.96. The molecule has 5 nitrogen and oxygen atoms in total. The predicted molar refractivity (Wildman–Crippen MR) is 80.0 cm³/mol. The van der Waals surface area contributed by atoms with Crippen LogP contribution in [0.5, 0.6) is 0 Å². The summed E-state index contributed by atoms with van der Waals surface area (Å²) >= 11 is 0. The van der Waals surface area contributed by atoms with Crippen molar-refractivity contribution in [2.24, 2.45) is 11.8 Å². The number of aryl methyl sites for hydroxylation is 1. The molecule has 3 atom stereocenters. The van der Waals surface area contributed by atoms with Crippen molar-refractivity contribution >= 4 is 22.7 Å². The first-order valence-corrected chi connectivity index (χ1v) is 7.62. The highest BCUT2D eigenvalue weighted by molar-refractivity contribution is 5.96. The molecule has 0 bridgehead atoms. The molecule has 1 aliphatic heterocycles. The second-order valence-corrected chi connectivity index (χ2v) is 6.15. The van der Waals surface area contributed by atoms with Gasteiger partial charge in [0.1, 0.15) is 5.52 Å². The van der Waals surface area contributed by atoms with Crippen LogP contribution >= 0.6 is 0 Å². The summed E-state index contributed by atoms with van der Waals surface area (Å²) in [7, 11) is 0. The summed E-state index contributed by atoms with van der Waals surface area (Å²) in [6, 6.07) is 5.54. The molecule has 1 amide bonds. The van der Waals surface area contributed by atoms with E-state index in [1.807, 2.05) is 25.1 Å². The van der Waals surface area contributed by atoms with Crippen molar-refractivity contribution in [2.45, 2.75) is 32.2 Å². The largest absolute Gasteiger partial charge is 0.441 e. The third kappa shape index (κ3) is 2.21. The SMILES string of the molecule is Cc1nc2cc(NC(=O)C3NCC4CCCC43)ccc2o1. The highest BCUT2D eigenvalue weighted by atomic mass is 16.3. The Morgan fingerprint density at radius 1 is 1.43 bits per heavy atom. The molecule has 1 aliphatic carbocycles. The third-order valence-electron chi connectivity index (χ3n) is 4.79. The van der Waals surface area contributed by atoms with E-state index in [1.165, 1.54) is 12.8 Å². The molecule has 21 heavy (non-hydrogen) atoms. The van der Waals surface area contributed by atoms with Gasteiger partial charge in [0.15, 0.2) is 11.5 Å². The fourth-order valence-electron chi connectivity index (χ4n) is 3.82. The second-order valence-electron chi connectivity index (χ2n) is 6.15. The van der Waals surface area contributed by atoms with Crippen molar-refractivity contribution in [3.05, 3.63) is 24.1 Å². The molecule has 5 heteroatoms. The van der Waals surface area contributed by atoms with Gasteiger partial charge in [0.05, 0.1) is 6.04 Å². The van der Waals surface area contributed by atoms with Crippen molar-refractivity contribution < 1.29 is 9.21 Å². The Balaban J connectivity index is 1.52. The van der Waals surface area contributed by atoms with Gasteiger partial charge >= 0.3 is 0 Å². The summed E-state index contributed by atoms with van der Waals surface area (Å²) in [6.07, 6.45) is 3.67. The number of benzene rings is 1. The van der Waals surface area contributed by atoms with Crippen LogP contribution in [0.25, 0.3) is 11.1 Å². The fourth-order valence-corrected chi connectivity index (χ4v) is 3.82. The molecule has 1 aromatic heterocycles. The standard InChI is InChI=1S/C16H19N3O2/c1-9-18-13-7-11(5-6-14(13)21-9)19-16(20)15-12-4-2-3-10(12)8-17-15/h5-7,10,12,15,17H,2-4,8H2,1H3,(H,19,20). The van der Waals surface area contributed by atoms with E-state index in [1.54, 1.807) is 0 Å². The normalized spacial score (nSPS) is 28.0. The van der Waals surface area contributed by atoms with Crippen LogP contribution in [-0.2, 0) is 4.79 Å². The van der Waals surface area contributed by atoms with E-state index >= 15 is 0 Å². The van der Waals surface area contributed by atoms with Gasteiger partial charge in [-0.15, -0.1) is 0 Å². The van der Waals surface area contributed by atoms with Crippen LogP contribution in [0.3, 0.4) is 0 Å². The van der Waals surface area contributed by atoms with E-state index in [2.05, 4.69) is 15.6 Å². The number of hydrogen-bond donors (Lipinski definition) is 2. The lowest BCUT2D eigenvalue weighted by Crippen LogP contribution is -2.39. The van der Waals surface area contributed by atoms with Gasteiger partial charge < -0.3 is 15.1 Å². The van der Waals surface area contributed by atoms with Crippen molar-refractivity contribution in [1.29, 1.82) is 0 Å². The van der Waals surface area contributed by atoms with Gasteiger partial charge in [0, 0.05) is 12.6 Å². The molecular formula is C16H19N3O2. The van der Waals surface area contributed by atoms with Crippen LogP contribution in [0.1, 0.15) is 25.2 Å². The van der Waals surface area contributed by atoms with Gasteiger partial charge in [-0.1, -0.05) is 6.42 Å². The van der Waals surface area contributed by atoms with E-state index < -0.39 is 0 Å². The monoisotopic (exact) mass is 285 g/mol. The first-order valence-electron chi connectivity index (χ1n) is 7.62. The molecule has 1 saturated carbocycles. The van der Waals surface area contributed by atoms with Crippen LogP contribution < -0.4 is 10.6 Å². The van der Waals surface area contributed by atoms with Crippen LogP contribution in [-0.4, -0.2) is 23.5 Å². The topological polar surface area (TPSA) is 67.2 Å². The number of amides is 1. The molecule has 110 valence electrons. The molecular weight excluding hydrogens is 266 g/mol. The van der Waals surface area contributed by atoms with Crippen LogP contribution in [0, 0.1) is 18.8 Å². The van der Waals surface area contributed by atoms with Crippen molar-refractivity contribution in [1.82, 2.24) is 10.3 Å². The number of carbonyl (C=O) groups excluding carboxylic acids is 1. The number of anilines is 1. The third-order valence-corrected chi connectivity index (χ3v) is 4.79. The van der Waals surface area contributed by atoms with Gasteiger partial charge in [-0.25, -0.2) is 4.98 Å². The molecule has 0 spiro atoms. The van der Waals surface area contributed by atoms with Gasteiger partial charge in [-0.3, -0.25) is 4.79 Å². The minimum Gasteiger partial charge on any atom is -0.441 e. The molecule has 1 saturated heterocycles. The van der Waals surface area contributed by atoms with Gasteiger partial charge in [-0.2, -0.15) is 0 Å². The van der Waals surface area contributed by atoms with E-state index in [9.17, 15) is 4.79 Å². The molecule has 2 fully saturated rings. The number of oxazole rings is 1. The lowest BCUT2D eigenvalue weighted by Gasteiger charge is -2.17. The summed E-state index contributed by atoms with van der Waals surface area (Å²) < 4.78 is 5.45. The summed E-state index contributed by atoms with van der Waals surface area (Å²) in [5.74, 6) is 1.90. The maximum absolute atomic E-state index is 12.5. The lowest BCUT2D eigenvalue weighted by atomic mass is 9.93. The summed E-state index contributed by atoms with van der Waals surface area (Å²) in [6.45, 7) is 2.80. The maximum atomic E-state index is 12.5. The van der Waals surface area contributed by atoms with Gasteiger partial charge in [0.2, 0.25) is 5.91 Å². The smallest absolute Gasteiger partial charge is 0.241 e. The highest BCUT2D eigenvalue weighted by Gasteiger charge is 2.42. The fraction of sp³-hybridized carbons (Fsp3) is 0.500. The molecule has 2 aromatic rings. The molecule has 2 aliphatic rings. The van der Waals surface area contributed by atoms with Gasteiger partial charge in [-0.05, 0) is 49.4 Å². The number of fused-ring (bicyclic) bond motifs is 2. The van der Waals surface area contributed by atoms with Crippen molar-refractivity contribution in [2.75, 3.05) is 11.9 Å². The van der Waals surface area contributed by atoms with E-state index in [0.29, 0.717) is 17.7 Å². The zero-order valence-electron chi connectivity index (χ0n) is 12.1. The Hall–Kier alpha value is -1.88. The molecule has 0 radical (unpaired) electrons. The Morgan fingerprint density at radius 2 is 2.33 bits per heavy atom. The number of rotatable bonds is 2. The minimum absolute atomic E-state index is 0.0489. The summed E-state index contributed by atoms with van der Waals surface area (Å²) in [4.78, 5) is 16.8. The van der Waals surface area contributed by atoms with E-state index in [-0.39, 0.29) is 11.9 Å².